The number of aliphatic hydroxyl groups is 1. The zero-order valence-electron chi connectivity index (χ0n) is 11.8. The third-order valence-corrected chi connectivity index (χ3v) is 7.37. The fraction of sp³-hybridized carbons (Fsp3) is 0.385. The van der Waals surface area contributed by atoms with Crippen molar-refractivity contribution in [1.82, 2.24) is 10.2 Å². The summed E-state index contributed by atoms with van der Waals surface area (Å²) in [5.74, 6) is -0.184. The van der Waals surface area contributed by atoms with Gasteiger partial charge >= 0.3 is 0 Å². The first-order valence-corrected chi connectivity index (χ1v) is 10.2. The van der Waals surface area contributed by atoms with Gasteiger partial charge in [0, 0.05) is 5.69 Å². The highest BCUT2D eigenvalue weighted by Gasteiger charge is 2.37. The molecular weight excluding hydrogens is 342 g/mol. The van der Waals surface area contributed by atoms with Gasteiger partial charge in [-0.15, -0.1) is 10.2 Å². The molecule has 0 saturated carbocycles. The molecule has 0 radical (unpaired) electrons. The molecule has 1 fully saturated rings. The van der Waals surface area contributed by atoms with E-state index in [9.17, 15) is 13.5 Å². The molecule has 6 nitrogen and oxygen atoms in total. The maximum absolute atomic E-state index is 11.5. The third kappa shape index (κ3) is 3.78. The van der Waals surface area contributed by atoms with E-state index < -0.39 is 15.9 Å². The second-order valence-electron chi connectivity index (χ2n) is 5.17. The Balaban J connectivity index is 1.67. The standard InChI is InChI=1S/C13H15N3O3S3/c1-8-3-2-4-9(5-8)14-12-15-16-13(21-12)20-11-7-22(18,19)6-10(11)17/h2-5,10-11,17H,6-7H2,1H3,(H,14,15)/t10-,11+/m0/s1. The van der Waals surface area contributed by atoms with Gasteiger partial charge < -0.3 is 10.4 Å². The average Bonchev–Trinajstić information content (AvgIpc) is 2.94. The topological polar surface area (TPSA) is 92.2 Å². The first kappa shape index (κ1) is 15.7. The van der Waals surface area contributed by atoms with Crippen LogP contribution in [0.15, 0.2) is 28.6 Å². The van der Waals surface area contributed by atoms with E-state index in [1.165, 1.54) is 23.1 Å². The van der Waals surface area contributed by atoms with Crippen molar-refractivity contribution < 1.29 is 13.5 Å². The fourth-order valence-electron chi connectivity index (χ4n) is 2.19. The monoisotopic (exact) mass is 357 g/mol. The van der Waals surface area contributed by atoms with E-state index in [1.807, 2.05) is 31.2 Å². The van der Waals surface area contributed by atoms with Crippen LogP contribution in [-0.4, -0.2) is 46.6 Å². The highest BCUT2D eigenvalue weighted by atomic mass is 32.2. The molecule has 2 aromatic rings. The zero-order chi connectivity index (χ0) is 15.7. The van der Waals surface area contributed by atoms with Crippen molar-refractivity contribution in [1.29, 1.82) is 0 Å². The second-order valence-corrected chi connectivity index (χ2v) is 9.79. The summed E-state index contributed by atoms with van der Waals surface area (Å²) in [5.41, 5.74) is 2.07. The number of aliphatic hydroxyl groups excluding tert-OH is 1. The van der Waals surface area contributed by atoms with Gasteiger partial charge in [-0.2, -0.15) is 0 Å². The van der Waals surface area contributed by atoms with Crippen LogP contribution >= 0.6 is 23.1 Å². The summed E-state index contributed by atoms with van der Waals surface area (Å²) in [5, 5.41) is 21.3. The van der Waals surface area contributed by atoms with Crippen molar-refractivity contribution in [2.45, 2.75) is 22.6 Å². The van der Waals surface area contributed by atoms with Crippen LogP contribution in [0.4, 0.5) is 10.8 Å². The van der Waals surface area contributed by atoms with Crippen LogP contribution in [0, 0.1) is 6.92 Å². The Labute approximate surface area is 136 Å². The summed E-state index contributed by atoms with van der Waals surface area (Å²) < 4.78 is 23.7. The van der Waals surface area contributed by atoms with Crippen molar-refractivity contribution in [2.75, 3.05) is 16.8 Å². The fourth-order valence-corrected chi connectivity index (χ4v) is 6.72. The van der Waals surface area contributed by atoms with Crippen LogP contribution in [0.2, 0.25) is 0 Å². The zero-order valence-corrected chi connectivity index (χ0v) is 14.2. The van der Waals surface area contributed by atoms with Crippen molar-refractivity contribution in [3.63, 3.8) is 0 Å². The summed E-state index contributed by atoms with van der Waals surface area (Å²) in [7, 11) is -3.14. The van der Waals surface area contributed by atoms with Crippen LogP contribution in [0.25, 0.3) is 0 Å². The molecule has 1 aliphatic heterocycles. The van der Waals surface area contributed by atoms with Gasteiger partial charge in [-0.05, 0) is 24.6 Å². The lowest BCUT2D eigenvalue weighted by Crippen LogP contribution is -2.19. The number of anilines is 2. The number of aromatic nitrogens is 2. The number of benzene rings is 1. The lowest BCUT2D eigenvalue weighted by molar-refractivity contribution is 0.207. The van der Waals surface area contributed by atoms with E-state index in [2.05, 4.69) is 15.5 Å². The maximum Gasteiger partial charge on any atom is 0.210 e. The van der Waals surface area contributed by atoms with Crippen LogP contribution in [0.1, 0.15) is 5.56 Å². The molecule has 9 heteroatoms. The lowest BCUT2D eigenvalue weighted by Gasteiger charge is -2.08. The van der Waals surface area contributed by atoms with Gasteiger partial charge in [-0.3, -0.25) is 0 Å². The Morgan fingerprint density at radius 3 is 2.86 bits per heavy atom. The summed E-state index contributed by atoms with van der Waals surface area (Å²) >= 11 is 2.62. The number of nitrogens with one attached hydrogen (secondary N) is 1. The van der Waals surface area contributed by atoms with Gasteiger partial charge in [0.05, 0.1) is 22.9 Å². The van der Waals surface area contributed by atoms with Crippen molar-refractivity contribution in [2.24, 2.45) is 0 Å². The molecule has 3 rings (SSSR count). The minimum Gasteiger partial charge on any atom is -0.391 e. The highest BCUT2D eigenvalue weighted by molar-refractivity contribution is 8.03. The van der Waals surface area contributed by atoms with Crippen LogP contribution in [-0.2, 0) is 9.84 Å². The van der Waals surface area contributed by atoms with Gasteiger partial charge in [0.25, 0.3) is 0 Å². The van der Waals surface area contributed by atoms with Gasteiger partial charge in [-0.1, -0.05) is 35.2 Å². The van der Waals surface area contributed by atoms with E-state index in [0.717, 1.165) is 11.3 Å². The summed E-state index contributed by atoms with van der Waals surface area (Å²) in [4.78, 5) is 0. The molecule has 0 amide bonds. The third-order valence-electron chi connectivity index (χ3n) is 3.20. The van der Waals surface area contributed by atoms with Gasteiger partial charge in [0.15, 0.2) is 14.2 Å². The van der Waals surface area contributed by atoms with Crippen molar-refractivity contribution in [3.05, 3.63) is 29.8 Å². The largest absolute Gasteiger partial charge is 0.391 e. The van der Waals surface area contributed by atoms with E-state index in [-0.39, 0.29) is 16.8 Å². The highest BCUT2D eigenvalue weighted by Crippen LogP contribution is 2.35. The van der Waals surface area contributed by atoms with Crippen molar-refractivity contribution >= 4 is 43.8 Å². The van der Waals surface area contributed by atoms with Gasteiger partial charge in [0.1, 0.15) is 0 Å². The first-order valence-electron chi connectivity index (χ1n) is 6.64. The van der Waals surface area contributed by atoms with Gasteiger partial charge in [0.2, 0.25) is 5.13 Å². The summed E-state index contributed by atoms with van der Waals surface area (Å²) in [6, 6.07) is 7.90. The van der Waals surface area contributed by atoms with Crippen LogP contribution in [0.5, 0.6) is 0 Å². The minimum absolute atomic E-state index is 0.0148. The minimum atomic E-state index is -3.14. The molecule has 1 aromatic carbocycles. The van der Waals surface area contributed by atoms with Crippen LogP contribution in [0.3, 0.4) is 0 Å². The predicted octanol–water partition coefficient (Wildman–Crippen LogP) is 1.84. The SMILES string of the molecule is Cc1cccc(Nc2nnc(S[C@@H]3CS(=O)(=O)C[C@@H]3O)s2)c1. The molecule has 1 saturated heterocycles. The normalized spacial score (nSPS) is 23.5. The molecule has 2 atom stereocenters. The van der Waals surface area contributed by atoms with Crippen LogP contribution < -0.4 is 5.32 Å². The Morgan fingerprint density at radius 2 is 2.18 bits per heavy atom. The van der Waals surface area contributed by atoms with E-state index in [0.29, 0.717) is 9.47 Å². The molecule has 0 aliphatic carbocycles. The van der Waals surface area contributed by atoms with E-state index >= 15 is 0 Å². The number of nitrogens with zero attached hydrogens (tertiary/aromatic N) is 2. The molecule has 2 N–H and O–H groups in total. The smallest absolute Gasteiger partial charge is 0.210 e. The Hall–Kier alpha value is -1.16. The van der Waals surface area contributed by atoms with Crippen molar-refractivity contribution in [3.8, 4) is 0 Å². The molecule has 22 heavy (non-hydrogen) atoms. The molecule has 118 valence electrons. The number of thioether (sulfide) groups is 1. The molecule has 1 aromatic heterocycles. The molecule has 0 unspecified atom stereocenters. The van der Waals surface area contributed by atoms with Gasteiger partial charge in [-0.25, -0.2) is 8.42 Å². The predicted molar refractivity (Wildman–Crippen MR) is 88.7 cm³/mol. The number of aryl methyl sites for hydroxylation is 1. The molecular formula is C13H15N3O3S3. The molecule has 0 bridgehead atoms. The Bertz CT molecular complexity index is 776. The Kier molecular flexibility index (Phi) is 4.40. The molecule has 2 heterocycles. The molecule has 1 aliphatic rings. The quantitative estimate of drug-likeness (QED) is 0.862. The Morgan fingerprint density at radius 1 is 1.36 bits per heavy atom. The maximum atomic E-state index is 11.5. The number of sulfone groups is 1. The van der Waals surface area contributed by atoms with E-state index in [4.69, 9.17) is 0 Å². The average molecular weight is 357 g/mol. The number of hydrogen-bond acceptors (Lipinski definition) is 8. The number of hydrogen-bond donors (Lipinski definition) is 2. The number of rotatable bonds is 4. The lowest BCUT2D eigenvalue weighted by atomic mass is 10.2. The molecule has 0 spiro atoms. The summed E-state index contributed by atoms with van der Waals surface area (Å²) in [6.07, 6.45) is -0.841. The van der Waals surface area contributed by atoms with E-state index in [1.54, 1.807) is 0 Å². The summed E-state index contributed by atoms with van der Waals surface area (Å²) in [6.45, 7) is 2.01. The first-order chi connectivity index (χ1) is 10.4. The second kappa shape index (κ2) is 6.15.